The Bertz CT molecular complexity index is 1060. The van der Waals surface area contributed by atoms with Crippen molar-refractivity contribution in [2.45, 2.75) is 56.6 Å². The van der Waals surface area contributed by atoms with E-state index >= 15 is 0 Å². The van der Waals surface area contributed by atoms with E-state index in [1.807, 2.05) is 33.0 Å². The van der Waals surface area contributed by atoms with Crippen molar-refractivity contribution < 1.29 is 22.7 Å². The van der Waals surface area contributed by atoms with Crippen molar-refractivity contribution in [3.63, 3.8) is 0 Å². The van der Waals surface area contributed by atoms with Crippen molar-refractivity contribution in [2.75, 3.05) is 19.3 Å². The predicted octanol–water partition coefficient (Wildman–Crippen LogP) is 4.83. The third-order valence-corrected chi connectivity index (χ3v) is 6.64. The second-order valence-electron chi connectivity index (χ2n) is 8.97. The Morgan fingerprint density at radius 2 is 1.81 bits per heavy atom. The van der Waals surface area contributed by atoms with E-state index in [0.717, 1.165) is 24.7 Å². The topological polar surface area (TPSA) is 85.8 Å². The van der Waals surface area contributed by atoms with Crippen LogP contribution in [0.4, 0.5) is 4.79 Å². The summed E-state index contributed by atoms with van der Waals surface area (Å²) in [5, 5.41) is 0.518. The lowest BCUT2D eigenvalue weighted by Crippen LogP contribution is -2.41. The van der Waals surface area contributed by atoms with Gasteiger partial charge in [-0.2, -0.15) is 0 Å². The van der Waals surface area contributed by atoms with E-state index in [9.17, 15) is 13.2 Å². The number of sulfone groups is 1. The van der Waals surface area contributed by atoms with Gasteiger partial charge in [-0.05, 0) is 75.4 Å². The monoisotopic (exact) mass is 480 g/mol. The number of rotatable bonds is 5. The molecule has 0 radical (unpaired) electrons. The number of halogens is 1. The number of pyridine rings is 1. The number of aromatic nitrogens is 1. The maximum absolute atomic E-state index is 12.2. The molecule has 1 amide bonds. The smallest absolute Gasteiger partial charge is 0.410 e. The molecule has 0 atom stereocenters. The van der Waals surface area contributed by atoms with Gasteiger partial charge in [0.1, 0.15) is 18.0 Å². The van der Waals surface area contributed by atoms with Crippen LogP contribution >= 0.6 is 11.6 Å². The summed E-state index contributed by atoms with van der Waals surface area (Å²) < 4.78 is 34.2. The van der Waals surface area contributed by atoms with E-state index in [0.29, 0.717) is 29.6 Å². The minimum Gasteiger partial charge on any atom is -0.487 e. The first kappa shape index (κ1) is 24.3. The summed E-state index contributed by atoms with van der Waals surface area (Å²) >= 11 is 6.45. The molecule has 1 saturated heterocycles. The fourth-order valence-electron chi connectivity index (χ4n) is 3.47. The van der Waals surface area contributed by atoms with Crippen LogP contribution in [0.3, 0.4) is 0 Å². The molecule has 1 aliphatic heterocycles. The lowest BCUT2D eigenvalue weighted by molar-refractivity contribution is 0.0204. The van der Waals surface area contributed by atoms with Gasteiger partial charge < -0.3 is 14.4 Å². The molecule has 0 aliphatic carbocycles. The number of ether oxygens (including phenoxy) is 2. The van der Waals surface area contributed by atoms with Gasteiger partial charge in [-0.3, -0.25) is 4.98 Å². The van der Waals surface area contributed by atoms with Gasteiger partial charge in [0.15, 0.2) is 9.84 Å². The minimum atomic E-state index is -3.24. The molecule has 0 spiro atoms. The van der Waals surface area contributed by atoms with E-state index in [-0.39, 0.29) is 23.5 Å². The Hall–Kier alpha value is -2.32. The highest BCUT2D eigenvalue weighted by atomic mass is 35.5. The third kappa shape index (κ3) is 6.59. The number of benzene rings is 1. The molecule has 9 heteroatoms. The summed E-state index contributed by atoms with van der Waals surface area (Å²) in [6.45, 7) is 7.02. The standard InChI is InChI=1S/C23H29ClN2O5S/c1-23(2,3)31-22(27)26-11-9-16(10-12-26)17-13-20(24)21(25-14-17)15-30-18-5-7-19(8-6-18)32(4,28)29/h5-8,13-14,16H,9-12,15H2,1-4H3. The average Bonchev–Trinajstić information content (AvgIpc) is 2.71. The molecular formula is C23H29ClN2O5S. The van der Waals surface area contributed by atoms with Crippen LogP contribution in [0.1, 0.15) is 50.8 Å². The van der Waals surface area contributed by atoms with Gasteiger partial charge in [0.25, 0.3) is 0 Å². The number of hydrogen-bond donors (Lipinski definition) is 0. The number of carbonyl (C=O) groups is 1. The Morgan fingerprint density at radius 1 is 1.19 bits per heavy atom. The van der Waals surface area contributed by atoms with Crippen molar-refractivity contribution in [3.05, 3.63) is 52.8 Å². The summed E-state index contributed by atoms with van der Waals surface area (Å²) in [7, 11) is -3.24. The number of carbonyl (C=O) groups excluding carboxylic acids is 1. The first-order chi connectivity index (χ1) is 14.9. The number of nitrogens with zero attached hydrogens (tertiary/aromatic N) is 2. The Morgan fingerprint density at radius 3 is 2.34 bits per heavy atom. The van der Waals surface area contributed by atoms with Crippen molar-refractivity contribution in [1.29, 1.82) is 0 Å². The highest BCUT2D eigenvalue weighted by Gasteiger charge is 2.28. The minimum absolute atomic E-state index is 0.175. The van der Waals surface area contributed by atoms with E-state index in [1.54, 1.807) is 17.0 Å². The molecule has 0 unspecified atom stereocenters. The molecule has 1 aromatic carbocycles. The van der Waals surface area contributed by atoms with E-state index in [4.69, 9.17) is 21.1 Å². The normalized spacial score (nSPS) is 15.5. The van der Waals surface area contributed by atoms with Crippen LogP contribution in [-0.2, 0) is 21.2 Å². The van der Waals surface area contributed by atoms with Crippen molar-refractivity contribution in [2.24, 2.45) is 0 Å². The SMILES string of the molecule is CC(C)(C)OC(=O)N1CCC(c2cnc(COc3ccc(S(C)(=O)=O)cc3)c(Cl)c2)CC1. The molecule has 0 saturated carbocycles. The number of hydrogen-bond acceptors (Lipinski definition) is 6. The molecule has 1 aliphatic rings. The molecule has 2 heterocycles. The number of amides is 1. The van der Waals surface area contributed by atoms with Crippen LogP contribution in [0.5, 0.6) is 5.75 Å². The lowest BCUT2D eigenvalue weighted by Gasteiger charge is -2.33. The zero-order valence-electron chi connectivity index (χ0n) is 18.8. The van der Waals surface area contributed by atoms with Crippen LogP contribution in [0.25, 0.3) is 0 Å². The largest absolute Gasteiger partial charge is 0.487 e. The summed E-state index contributed by atoms with van der Waals surface area (Å²) in [5.41, 5.74) is 1.15. The fourth-order valence-corrected chi connectivity index (χ4v) is 4.33. The zero-order valence-corrected chi connectivity index (χ0v) is 20.4. The summed E-state index contributed by atoms with van der Waals surface area (Å²) in [4.78, 5) is 18.7. The van der Waals surface area contributed by atoms with Crippen LogP contribution in [-0.4, -0.2) is 49.3 Å². The van der Waals surface area contributed by atoms with E-state index < -0.39 is 15.4 Å². The molecule has 2 aromatic rings. The second-order valence-corrected chi connectivity index (χ2v) is 11.4. The Kier molecular flexibility index (Phi) is 7.35. The maximum atomic E-state index is 12.2. The Balaban J connectivity index is 1.56. The van der Waals surface area contributed by atoms with Gasteiger partial charge in [0, 0.05) is 25.5 Å². The second kappa shape index (κ2) is 9.67. The highest BCUT2D eigenvalue weighted by Crippen LogP contribution is 2.31. The van der Waals surface area contributed by atoms with Gasteiger partial charge in [-0.1, -0.05) is 11.6 Å². The third-order valence-electron chi connectivity index (χ3n) is 5.18. The quantitative estimate of drug-likeness (QED) is 0.609. The first-order valence-electron chi connectivity index (χ1n) is 10.5. The van der Waals surface area contributed by atoms with Crippen LogP contribution < -0.4 is 4.74 Å². The zero-order chi connectivity index (χ0) is 23.5. The molecule has 32 heavy (non-hydrogen) atoms. The van der Waals surface area contributed by atoms with E-state index in [2.05, 4.69) is 4.98 Å². The molecule has 0 bridgehead atoms. The Labute approximate surface area is 194 Å². The molecule has 174 valence electrons. The summed E-state index contributed by atoms with van der Waals surface area (Å²) in [6, 6.07) is 8.14. The highest BCUT2D eigenvalue weighted by molar-refractivity contribution is 7.90. The van der Waals surface area contributed by atoms with Crippen LogP contribution in [0.2, 0.25) is 5.02 Å². The van der Waals surface area contributed by atoms with Crippen LogP contribution in [0, 0.1) is 0 Å². The van der Waals surface area contributed by atoms with Crippen molar-refractivity contribution in [1.82, 2.24) is 9.88 Å². The maximum Gasteiger partial charge on any atom is 0.410 e. The molecule has 1 aromatic heterocycles. The number of likely N-dealkylation sites (tertiary alicyclic amines) is 1. The predicted molar refractivity (Wildman–Crippen MR) is 123 cm³/mol. The fraction of sp³-hybridized carbons (Fsp3) is 0.478. The molecule has 3 rings (SSSR count). The molecule has 1 fully saturated rings. The van der Waals surface area contributed by atoms with Gasteiger partial charge in [-0.25, -0.2) is 13.2 Å². The van der Waals surface area contributed by atoms with Crippen molar-refractivity contribution >= 4 is 27.5 Å². The van der Waals surface area contributed by atoms with Gasteiger partial charge >= 0.3 is 6.09 Å². The molecule has 0 N–H and O–H groups in total. The van der Waals surface area contributed by atoms with Crippen molar-refractivity contribution in [3.8, 4) is 5.75 Å². The number of piperidine rings is 1. The van der Waals surface area contributed by atoms with Crippen LogP contribution in [0.15, 0.2) is 41.4 Å². The summed E-state index contributed by atoms with van der Waals surface area (Å²) in [6.07, 6.45) is 4.34. The first-order valence-corrected chi connectivity index (χ1v) is 12.7. The lowest BCUT2D eigenvalue weighted by atomic mass is 9.90. The molecule has 7 nitrogen and oxygen atoms in total. The van der Waals surface area contributed by atoms with E-state index in [1.165, 1.54) is 12.1 Å². The van der Waals surface area contributed by atoms with Gasteiger partial charge in [-0.15, -0.1) is 0 Å². The molecular weight excluding hydrogens is 452 g/mol. The average molecular weight is 481 g/mol. The summed E-state index contributed by atoms with van der Waals surface area (Å²) in [5.74, 6) is 0.811. The van der Waals surface area contributed by atoms with Gasteiger partial charge in [0.05, 0.1) is 15.6 Å². The van der Waals surface area contributed by atoms with Gasteiger partial charge in [0.2, 0.25) is 0 Å².